The lowest BCUT2D eigenvalue weighted by Crippen LogP contribution is -2.37. The van der Waals surface area contributed by atoms with Gasteiger partial charge in [-0.2, -0.15) is 0 Å². The lowest BCUT2D eigenvalue weighted by Gasteiger charge is -2.32. The van der Waals surface area contributed by atoms with Crippen molar-refractivity contribution in [2.24, 2.45) is 28.2 Å². The van der Waals surface area contributed by atoms with Crippen molar-refractivity contribution in [1.82, 2.24) is 0 Å². The minimum atomic E-state index is -2.07. The molecule has 0 saturated heterocycles. The van der Waals surface area contributed by atoms with Gasteiger partial charge in [0.2, 0.25) is 22.8 Å². The van der Waals surface area contributed by atoms with Crippen molar-refractivity contribution in [3.63, 3.8) is 0 Å². The van der Waals surface area contributed by atoms with Crippen molar-refractivity contribution in [2.45, 2.75) is 258 Å². The molecule has 0 aliphatic rings. The Kier molecular flexibility index (Phi) is 21.8. The molecule has 4 aromatic carbocycles. The van der Waals surface area contributed by atoms with Crippen LogP contribution in [-0.2, 0) is 60.7 Å². The van der Waals surface area contributed by atoms with E-state index in [0.717, 1.165) is 72.2 Å². The molecular weight excluding hydrogens is 1100 g/mol. The summed E-state index contributed by atoms with van der Waals surface area (Å²) in [5.74, 6) is 0. The van der Waals surface area contributed by atoms with Crippen LogP contribution in [0.5, 0.6) is 0 Å². The van der Waals surface area contributed by atoms with Crippen molar-refractivity contribution in [3.05, 3.63) is 211 Å². The van der Waals surface area contributed by atoms with Crippen LogP contribution in [0.1, 0.15) is 255 Å². The van der Waals surface area contributed by atoms with Crippen LogP contribution in [0.2, 0.25) is 0 Å². The van der Waals surface area contributed by atoms with Crippen LogP contribution in [0.3, 0.4) is 0 Å². The molecule has 8 aromatic rings. The first-order chi connectivity index (χ1) is 44.6. The zero-order chi connectivity index (χ0) is 73.7. The van der Waals surface area contributed by atoms with Gasteiger partial charge < -0.3 is 0 Å². The summed E-state index contributed by atoms with van der Waals surface area (Å²) in [5.41, 5.74) is 28.5. The van der Waals surface area contributed by atoms with E-state index < -0.39 is 13.7 Å². The predicted molar refractivity (Wildman–Crippen MR) is 395 cm³/mol. The fraction of sp³-hybridized carbons (Fsp3) is 0.494. The van der Waals surface area contributed by atoms with E-state index in [-0.39, 0.29) is 32.5 Å². The Balaban J connectivity index is 0.000000235. The second-order valence-corrected chi connectivity index (χ2v) is 30.5. The van der Waals surface area contributed by atoms with Crippen molar-refractivity contribution >= 4 is 0 Å². The maximum atomic E-state index is 7.67. The second-order valence-electron chi connectivity index (χ2n) is 30.5. The highest BCUT2D eigenvalue weighted by Crippen LogP contribution is 2.41. The smallest absolute Gasteiger partial charge is 0.201 e. The highest BCUT2D eigenvalue weighted by Gasteiger charge is 2.36. The number of aryl methyl sites for hydroxylation is 13. The number of nitrogens with zero attached hydrogens (tertiary/aromatic N) is 4. The fourth-order valence-corrected chi connectivity index (χ4v) is 12.5. The summed E-state index contributed by atoms with van der Waals surface area (Å²) < 4.78 is 54.7. The molecule has 0 atom stereocenters. The molecule has 0 aliphatic heterocycles. The van der Waals surface area contributed by atoms with Gasteiger partial charge in [0.25, 0.3) is 0 Å². The Morgan fingerprint density at radius 2 is 0.527 bits per heavy atom. The van der Waals surface area contributed by atoms with Crippen molar-refractivity contribution < 1.29 is 26.5 Å². The van der Waals surface area contributed by atoms with Crippen molar-refractivity contribution in [1.29, 1.82) is 0 Å². The summed E-state index contributed by atoms with van der Waals surface area (Å²) in [7, 11) is 8.48. The van der Waals surface area contributed by atoms with Gasteiger partial charge in [-0.05, 0) is 202 Å². The zero-order valence-corrected chi connectivity index (χ0v) is 62.7. The summed E-state index contributed by atoms with van der Waals surface area (Å²) >= 11 is 0. The first kappa shape index (κ1) is 66.0. The molecule has 0 aliphatic carbocycles. The minimum absolute atomic E-state index is 0.0668. The quantitative estimate of drug-likeness (QED) is 0.0857. The summed E-state index contributed by atoms with van der Waals surface area (Å²) in [5, 5.41) is 0. The maximum Gasteiger partial charge on any atom is 0.212 e. The molecule has 0 N–H and O–H groups in total. The number of pyridine rings is 4. The average molecular weight is 1230 g/mol. The Bertz CT molecular complexity index is 4060. The Morgan fingerprint density at radius 3 is 0.824 bits per heavy atom. The van der Waals surface area contributed by atoms with Crippen LogP contribution in [0.25, 0.3) is 45.0 Å². The molecule has 4 heterocycles. The third kappa shape index (κ3) is 17.6. The van der Waals surface area contributed by atoms with Gasteiger partial charge in [-0.25, -0.2) is 18.3 Å². The molecule has 91 heavy (non-hydrogen) atoms. The molecule has 0 spiro atoms. The van der Waals surface area contributed by atoms with Gasteiger partial charge in [0, 0.05) is 77.0 Å². The van der Waals surface area contributed by atoms with E-state index in [1.807, 2.05) is 26.0 Å². The Labute approximate surface area is 566 Å². The molecule has 4 heteroatoms. The SMILES string of the molecule is CCC(C)(C)c1c[n+](C)c(-c2ccc(C)cc2C)cc1C.CCC(C)(C)c1cc(-c2ccccc2C)[n+](C)cc1C(C)(C)CC.[2H]C([2H])([2H])c1ccc(-c2cc(C(C)(C)CC)c(C(C)(C)CC)c[n+]2C)c(C)c1.[2H]C([2H])([2H])c1ccc(-c2cc(C)c(C(C)(C)CC)c[n+]2C)c(C)c1. The number of benzene rings is 4. The van der Waals surface area contributed by atoms with E-state index in [0.29, 0.717) is 11.1 Å². The first-order valence-electron chi connectivity index (χ1n) is 37.1. The molecule has 0 unspecified atom stereocenters. The van der Waals surface area contributed by atoms with Crippen LogP contribution in [0, 0.1) is 62.2 Å². The Hall–Kier alpha value is -6.52. The molecular formula is C87H126N4+4. The lowest BCUT2D eigenvalue weighted by atomic mass is 9.71. The summed E-state index contributed by atoms with van der Waals surface area (Å²) in [4.78, 5) is 0. The van der Waals surface area contributed by atoms with Gasteiger partial charge in [0.05, 0.1) is 0 Å². The first-order valence-corrected chi connectivity index (χ1v) is 34.1. The highest BCUT2D eigenvalue weighted by atomic mass is 14.9. The van der Waals surface area contributed by atoms with Crippen LogP contribution < -0.4 is 18.3 Å². The van der Waals surface area contributed by atoms with Gasteiger partial charge in [-0.15, -0.1) is 0 Å². The van der Waals surface area contributed by atoms with Crippen molar-refractivity contribution in [3.8, 4) is 45.0 Å². The molecule has 4 nitrogen and oxygen atoms in total. The third-order valence-corrected chi connectivity index (χ3v) is 21.3. The van der Waals surface area contributed by atoms with E-state index in [2.05, 4.69) is 297 Å². The number of hydrogen-bond acceptors (Lipinski definition) is 0. The molecule has 490 valence electrons. The molecule has 0 fully saturated rings. The predicted octanol–water partition coefficient (Wildman–Crippen LogP) is 21.6. The van der Waals surface area contributed by atoms with Crippen molar-refractivity contribution in [2.75, 3.05) is 0 Å². The Morgan fingerprint density at radius 1 is 0.275 bits per heavy atom. The second kappa shape index (κ2) is 30.0. The summed E-state index contributed by atoms with van der Waals surface area (Å²) in [6, 6.07) is 35.6. The summed E-state index contributed by atoms with van der Waals surface area (Å²) in [6.07, 6.45) is 15.8. The van der Waals surface area contributed by atoms with Crippen LogP contribution in [0.15, 0.2) is 128 Å². The summed E-state index contributed by atoms with van der Waals surface area (Å²) in [6.45, 7) is 52.2. The van der Waals surface area contributed by atoms with Crippen LogP contribution in [0.4, 0.5) is 0 Å². The number of aromatic nitrogens is 4. The molecule has 0 radical (unpaired) electrons. The van der Waals surface area contributed by atoms with Gasteiger partial charge >= 0.3 is 0 Å². The molecule has 0 bridgehead atoms. The van der Waals surface area contributed by atoms with Gasteiger partial charge in [0.15, 0.2) is 24.8 Å². The minimum Gasteiger partial charge on any atom is -0.201 e. The largest absolute Gasteiger partial charge is 0.212 e. The standard InChI is InChI=1S/C24H36N.C23H34N.2C20H28N/c1-10-23(5,6)20-15-22(19-13-12-17(3)14-18(19)4)25(9)16-21(20)24(7,8)11-2;1-9-22(4,5)19-15-21(18-14-12-11-13-17(18)3)24(8)16-20(19)23(6,7)10-2;2*1-8-20(5,6)18-13-21(7)19(12-16(18)4)17-10-9-14(2)11-15(17)3/h12-16H,10-11H2,1-9H3;11-16H,9-10H2,1-8H3;2*9-13H,8H2,1-7H3/q4*+1/i3D3;;2D3;. The molecule has 4 aromatic heterocycles. The van der Waals surface area contributed by atoms with Gasteiger partial charge in [-0.3, -0.25) is 0 Å². The fourth-order valence-electron chi connectivity index (χ4n) is 12.5. The van der Waals surface area contributed by atoms with Crippen LogP contribution >= 0.6 is 0 Å². The normalized spacial score (nSPS) is 13.4. The van der Waals surface area contributed by atoms with Gasteiger partial charge in [0.1, 0.15) is 28.2 Å². The van der Waals surface area contributed by atoms with E-state index in [4.69, 9.17) is 8.22 Å². The van der Waals surface area contributed by atoms with Crippen LogP contribution in [-0.4, -0.2) is 0 Å². The number of rotatable bonds is 16. The topological polar surface area (TPSA) is 15.5 Å². The molecule has 8 rings (SSSR count). The van der Waals surface area contributed by atoms with Gasteiger partial charge in [-0.1, -0.05) is 196 Å². The zero-order valence-electron chi connectivity index (χ0n) is 68.7. The molecule has 0 amide bonds. The maximum absolute atomic E-state index is 7.67. The molecule has 0 saturated carbocycles. The highest BCUT2D eigenvalue weighted by molar-refractivity contribution is 5.66. The van der Waals surface area contributed by atoms with E-state index >= 15 is 0 Å². The third-order valence-electron chi connectivity index (χ3n) is 21.3. The average Bonchev–Trinajstić information content (AvgIpc) is 0.780. The van der Waals surface area contributed by atoms with E-state index in [1.165, 1.54) is 83.7 Å². The monoisotopic (exact) mass is 1230 g/mol. The van der Waals surface area contributed by atoms with E-state index in [1.54, 1.807) is 24.3 Å². The lowest BCUT2D eigenvalue weighted by molar-refractivity contribution is -0.661. The number of hydrogen-bond donors (Lipinski definition) is 0. The van der Waals surface area contributed by atoms with E-state index in [9.17, 15) is 0 Å².